The smallest absolute Gasteiger partial charge is 0.202 e. The zero-order chi connectivity index (χ0) is 10.2. The molecule has 0 fully saturated rings. The van der Waals surface area contributed by atoms with Crippen molar-refractivity contribution in [1.82, 2.24) is 0 Å². The maximum atomic E-state index is 12.7. The fourth-order valence-corrected chi connectivity index (χ4v) is 0.919. The SMILES string of the molecule is COC1=C(F)C(F)=C(F)C(F)C1F. The lowest BCUT2D eigenvalue weighted by Gasteiger charge is -2.19. The van der Waals surface area contributed by atoms with E-state index < -0.39 is 35.6 Å². The van der Waals surface area contributed by atoms with Crippen molar-refractivity contribution in [2.45, 2.75) is 12.3 Å². The zero-order valence-electron chi connectivity index (χ0n) is 6.45. The summed E-state index contributed by atoms with van der Waals surface area (Å²) in [6.45, 7) is 0. The first-order valence-electron chi connectivity index (χ1n) is 3.28. The van der Waals surface area contributed by atoms with E-state index in [1.807, 2.05) is 0 Å². The molecule has 6 heteroatoms. The van der Waals surface area contributed by atoms with E-state index in [1.165, 1.54) is 0 Å². The predicted octanol–water partition coefficient (Wildman–Crippen LogP) is 2.65. The Morgan fingerprint density at radius 2 is 1.54 bits per heavy atom. The first-order chi connectivity index (χ1) is 6.00. The van der Waals surface area contributed by atoms with E-state index in [0.29, 0.717) is 0 Å². The van der Waals surface area contributed by atoms with Crippen molar-refractivity contribution in [1.29, 1.82) is 0 Å². The van der Waals surface area contributed by atoms with Crippen molar-refractivity contribution in [2.75, 3.05) is 7.11 Å². The molecule has 1 aliphatic rings. The second-order valence-electron chi connectivity index (χ2n) is 2.35. The van der Waals surface area contributed by atoms with Crippen molar-refractivity contribution >= 4 is 0 Å². The molecule has 0 aromatic rings. The Morgan fingerprint density at radius 3 is 2.00 bits per heavy atom. The van der Waals surface area contributed by atoms with Crippen LogP contribution in [0.4, 0.5) is 22.0 Å². The number of halogens is 5. The topological polar surface area (TPSA) is 9.23 Å². The number of hydrogen-bond acceptors (Lipinski definition) is 1. The van der Waals surface area contributed by atoms with Crippen LogP contribution in [0.25, 0.3) is 0 Å². The number of allylic oxidation sites excluding steroid dienone is 4. The molecule has 0 N–H and O–H groups in total. The highest BCUT2D eigenvalue weighted by Crippen LogP contribution is 2.36. The van der Waals surface area contributed by atoms with E-state index in [1.54, 1.807) is 0 Å². The predicted molar refractivity (Wildman–Crippen MR) is 34.2 cm³/mol. The van der Waals surface area contributed by atoms with Crippen LogP contribution in [0.3, 0.4) is 0 Å². The number of hydrogen-bond donors (Lipinski definition) is 0. The van der Waals surface area contributed by atoms with Gasteiger partial charge in [0.15, 0.2) is 29.8 Å². The molecule has 1 rings (SSSR count). The van der Waals surface area contributed by atoms with Gasteiger partial charge in [0.1, 0.15) is 0 Å². The van der Waals surface area contributed by atoms with Gasteiger partial charge in [-0.05, 0) is 0 Å². The summed E-state index contributed by atoms with van der Waals surface area (Å²) in [5.74, 6) is -7.11. The third-order valence-electron chi connectivity index (χ3n) is 1.59. The van der Waals surface area contributed by atoms with E-state index in [2.05, 4.69) is 4.74 Å². The lowest BCUT2D eigenvalue weighted by Crippen LogP contribution is -2.26. The molecule has 0 radical (unpaired) electrons. The Morgan fingerprint density at radius 1 is 1.00 bits per heavy atom. The number of ether oxygens (including phenoxy) is 1. The van der Waals surface area contributed by atoms with Crippen molar-refractivity contribution < 1.29 is 26.7 Å². The molecule has 0 amide bonds. The average Bonchev–Trinajstić information content (AvgIpc) is 2.13. The first-order valence-corrected chi connectivity index (χ1v) is 3.28. The molecule has 0 spiro atoms. The summed E-state index contributed by atoms with van der Waals surface area (Å²) in [5, 5.41) is 0. The third kappa shape index (κ3) is 1.40. The van der Waals surface area contributed by atoms with Crippen molar-refractivity contribution in [3.63, 3.8) is 0 Å². The van der Waals surface area contributed by atoms with Gasteiger partial charge in [0.25, 0.3) is 0 Å². The Hall–Kier alpha value is -1.07. The van der Waals surface area contributed by atoms with Crippen LogP contribution in [0.1, 0.15) is 0 Å². The highest BCUT2D eigenvalue weighted by Gasteiger charge is 2.40. The van der Waals surface area contributed by atoms with E-state index >= 15 is 0 Å². The molecule has 0 aromatic carbocycles. The van der Waals surface area contributed by atoms with E-state index in [0.717, 1.165) is 7.11 Å². The molecule has 2 unspecified atom stereocenters. The highest BCUT2D eigenvalue weighted by atomic mass is 19.2. The van der Waals surface area contributed by atoms with Gasteiger partial charge < -0.3 is 4.74 Å². The van der Waals surface area contributed by atoms with Crippen LogP contribution >= 0.6 is 0 Å². The minimum atomic E-state index is -2.84. The zero-order valence-corrected chi connectivity index (χ0v) is 6.45. The van der Waals surface area contributed by atoms with Crippen molar-refractivity contribution in [2.24, 2.45) is 0 Å². The van der Waals surface area contributed by atoms with Gasteiger partial charge in [-0.3, -0.25) is 0 Å². The van der Waals surface area contributed by atoms with Gasteiger partial charge in [0.05, 0.1) is 7.11 Å². The molecule has 0 saturated heterocycles. The van der Waals surface area contributed by atoms with Crippen LogP contribution in [0.15, 0.2) is 23.2 Å². The number of methoxy groups -OCH3 is 1. The number of rotatable bonds is 1. The van der Waals surface area contributed by atoms with Gasteiger partial charge >= 0.3 is 0 Å². The number of alkyl halides is 2. The van der Waals surface area contributed by atoms with Gasteiger partial charge in [0.2, 0.25) is 5.83 Å². The highest BCUT2D eigenvalue weighted by molar-refractivity contribution is 5.34. The van der Waals surface area contributed by atoms with Gasteiger partial charge in [-0.25, -0.2) is 17.6 Å². The standard InChI is InChI=1S/C7H5F5O/c1-13-7-5(11)3(9)2(8)4(10)6(7)12/h3,5H,1H3. The molecule has 2 atom stereocenters. The quantitative estimate of drug-likeness (QED) is 0.591. The monoisotopic (exact) mass is 200 g/mol. The second-order valence-corrected chi connectivity index (χ2v) is 2.35. The molecule has 0 aromatic heterocycles. The summed E-state index contributed by atoms with van der Waals surface area (Å²) in [4.78, 5) is 0. The maximum absolute atomic E-state index is 12.7. The van der Waals surface area contributed by atoms with Gasteiger partial charge in [0, 0.05) is 0 Å². The van der Waals surface area contributed by atoms with Crippen LogP contribution in [0, 0.1) is 0 Å². The van der Waals surface area contributed by atoms with Gasteiger partial charge in [-0.1, -0.05) is 0 Å². The molecular weight excluding hydrogens is 195 g/mol. The Kier molecular flexibility index (Phi) is 2.58. The van der Waals surface area contributed by atoms with Crippen LogP contribution in [0.2, 0.25) is 0 Å². The van der Waals surface area contributed by atoms with Gasteiger partial charge in [-0.2, -0.15) is 4.39 Å². The van der Waals surface area contributed by atoms with Crippen LogP contribution < -0.4 is 0 Å². The normalized spacial score (nSPS) is 29.7. The van der Waals surface area contributed by atoms with Crippen LogP contribution in [-0.4, -0.2) is 19.5 Å². The fraction of sp³-hybridized carbons (Fsp3) is 0.429. The summed E-state index contributed by atoms with van der Waals surface area (Å²) in [6, 6.07) is 0. The summed E-state index contributed by atoms with van der Waals surface area (Å²) >= 11 is 0. The maximum Gasteiger partial charge on any atom is 0.202 e. The van der Waals surface area contributed by atoms with Gasteiger partial charge in [-0.15, -0.1) is 0 Å². The fourth-order valence-electron chi connectivity index (χ4n) is 0.919. The molecular formula is C7H5F5O. The average molecular weight is 200 g/mol. The summed E-state index contributed by atoms with van der Waals surface area (Å²) in [6.07, 6.45) is -5.47. The van der Waals surface area contributed by atoms with Crippen molar-refractivity contribution in [3.05, 3.63) is 23.2 Å². The molecule has 0 bridgehead atoms. The molecule has 74 valence electrons. The van der Waals surface area contributed by atoms with Crippen LogP contribution in [0.5, 0.6) is 0 Å². The second kappa shape index (κ2) is 3.35. The largest absolute Gasteiger partial charge is 0.495 e. The Labute approximate surface area is 70.5 Å². The molecule has 1 nitrogen and oxygen atoms in total. The first kappa shape index (κ1) is 10.0. The molecule has 13 heavy (non-hydrogen) atoms. The summed E-state index contributed by atoms with van der Waals surface area (Å²) < 4.78 is 66.6. The lowest BCUT2D eigenvalue weighted by atomic mass is 10.1. The Balaban J connectivity index is 3.19. The molecule has 0 aliphatic heterocycles. The minimum Gasteiger partial charge on any atom is -0.495 e. The molecule has 1 aliphatic carbocycles. The van der Waals surface area contributed by atoms with E-state index in [-0.39, 0.29) is 0 Å². The minimum absolute atomic E-state index is 0.838. The third-order valence-corrected chi connectivity index (χ3v) is 1.59. The summed E-state index contributed by atoms with van der Waals surface area (Å²) in [7, 11) is 0.838. The van der Waals surface area contributed by atoms with Crippen molar-refractivity contribution in [3.8, 4) is 0 Å². The summed E-state index contributed by atoms with van der Waals surface area (Å²) in [5.41, 5.74) is 0. The Bertz CT molecular complexity index is 283. The van der Waals surface area contributed by atoms with E-state index in [4.69, 9.17) is 0 Å². The van der Waals surface area contributed by atoms with Crippen LogP contribution in [-0.2, 0) is 4.74 Å². The lowest BCUT2D eigenvalue weighted by molar-refractivity contribution is 0.113. The van der Waals surface area contributed by atoms with E-state index in [9.17, 15) is 22.0 Å². The molecule has 0 saturated carbocycles. The molecule has 0 heterocycles.